The molecular formula is C120H82N12S. The molecular weight excluding hydrogens is 1640 g/mol. The van der Waals surface area contributed by atoms with E-state index in [4.69, 9.17) is 4.98 Å². The summed E-state index contributed by atoms with van der Waals surface area (Å²) in [6.45, 7) is 0. The molecule has 1 aliphatic rings. The molecule has 1 N–H and O–H groups in total. The van der Waals surface area contributed by atoms with E-state index in [1.165, 1.54) is 169 Å². The molecule has 1 unspecified atom stereocenters. The van der Waals surface area contributed by atoms with Crippen molar-refractivity contribution in [3.8, 4) is 51.2 Å². The second-order valence-corrected chi connectivity index (χ2v) is 34.9. The molecule has 0 aliphatic heterocycles. The van der Waals surface area contributed by atoms with Crippen molar-refractivity contribution in [1.82, 2.24) is 51.9 Å². The lowest BCUT2D eigenvalue weighted by molar-refractivity contribution is 0.742. The fourth-order valence-corrected chi connectivity index (χ4v) is 21.2. The van der Waals surface area contributed by atoms with Gasteiger partial charge in [0.25, 0.3) is 0 Å². The first kappa shape index (κ1) is 77.8. The molecule has 12 nitrogen and oxygen atoms in total. The van der Waals surface area contributed by atoms with Gasteiger partial charge in [-0.1, -0.05) is 261 Å². The number of nitrogens with one attached hydrogen (secondary N) is 1. The van der Waals surface area contributed by atoms with Crippen LogP contribution < -0.4 is 5.32 Å². The van der Waals surface area contributed by atoms with Gasteiger partial charge in [0.2, 0.25) is 0 Å². The van der Waals surface area contributed by atoms with Gasteiger partial charge >= 0.3 is 0 Å². The van der Waals surface area contributed by atoms with Crippen LogP contribution >= 0.6 is 11.3 Å². The second kappa shape index (κ2) is 33.0. The van der Waals surface area contributed by atoms with E-state index in [1.807, 2.05) is 72.5 Å². The van der Waals surface area contributed by atoms with Crippen molar-refractivity contribution in [3.05, 3.63) is 491 Å². The number of hydrogen-bond acceptors (Lipinski definition) is 6. The summed E-state index contributed by atoms with van der Waals surface area (Å²) in [6, 6.07) is 148. The SMILES string of the molecule is C1=C(Nc2cnc(-c3ccccc3)cn2)C(c2ccccc2)Cc2c1ccn2-c1ccccc1.c1ccc(-n2ccc3cc4c(cc32)c2ccccc2n4-c2ccc3ccccc3n2)cc1.c1ccc(-n2ccc3cc4c(cc32)c2ccccc2n4-c2cccc3c2sc2ccccc23)cc1.c1ccc(-n2ccc3cc4c(cc32)c2ccccc2n4-c2cncc3ccccc23)cc1. The van der Waals surface area contributed by atoms with Crippen LogP contribution in [0.2, 0.25) is 0 Å². The number of hydrogen-bond donors (Lipinski definition) is 1. The fourth-order valence-electron chi connectivity index (χ4n) is 20.0. The quantitative estimate of drug-likeness (QED) is 0.139. The van der Waals surface area contributed by atoms with Gasteiger partial charge < -0.3 is 32.7 Å². The molecule has 0 saturated heterocycles. The van der Waals surface area contributed by atoms with E-state index < -0.39 is 0 Å². The Bertz CT molecular complexity index is 9120. The summed E-state index contributed by atoms with van der Waals surface area (Å²) in [4.78, 5) is 18.9. The normalized spacial score (nSPS) is 12.6. The Kier molecular flexibility index (Phi) is 19.3. The summed E-state index contributed by atoms with van der Waals surface area (Å²) in [5.74, 6) is 1.89. The first-order valence-corrected chi connectivity index (χ1v) is 45.8. The number of para-hydroxylation sites is 8. The summed E-state index contributed by atoms with van der Waals surface area (Å²) in [5.41, 5.74) is 25.8. The molecule has 0 bridgehead atoms. The van der Waals surface area contributed by atoms with E-state index in [0.29, 0.717) is 0 Å². The highest BCUT2D eigenvalue weighted by atomic mass is 32.1. The van der Waals surface area contributed by atoms with Crippen LogP contribution in [0, 0.1) is 0 Å². The molecule has 0 spiro atoms. The zero-order valence-electron chi connectivity index (χ0n) is 72.1. The summed E-state index contributed by atoms with van der Waals surface area (Å²) < 4.78 is 18.9. The standard InChI is InChI=1S/C32H20N2S.C30H24N4.2C29H19N3/c1-2-9-22(10-3-1)33-18-17-21-19-30-26(20-29(21)33)23-11-4-6-14-27(23)34(30)28-15-8-13-25-24-12-5-7-16-31(24)35-32(25)28;1-4-10-22(11-5-1)26-19-29-24(16-17-34(29)25-14-8-3-9-15-25)18-27(26)33-30-21-31-28(20-32-30)23-12-6-2-7-13-23;1-2-9-22(10-3-1)31-17-16-21-18-28-24(19-27(21)31)23-11-5-7-13-26(23)32(28)29-15-14-20-8-4-6-12-25(20)30-29;1-2-9-22(10-3-1)31-15-14-20-16-28-25(17-27(20)31)24-12-6-7-13-26(24)32(28)29-19-30-18-21-8-4-5-11-23(21)29/h1-20H;1-18,20-21,26H,19H2,(H,32,33);2*1-19H. The van der Waals surface area contributed by atoms with Crippen LogP contribution in [-0.2, 0) is 6.42 Å². The zero-order chi connectivity index (χ0) is 87.8. The topological polar surface area (TPSA) is 98.1 Å². The molecule has 11 aromatic heterocycles. The summed E-state index contributed by atoms with van der Waals surface area (Å²) >= 11 is 1.88. The Labute approximate surface area is 769 Å². The maximum absolute atomic E-state index is 5.01. The highest BCUT2D eigenvalue weighted by Crippen LogP contribution is 2.45. The molecule has 11 heterocycles. The monoisotopic (exact) mass is 1720 g/mol. The van der Waals surface area contributed by atoms with Gasteiger partial charge in [-0.25, -0.2) is 9.97 Å². The summed E-state index contributed by atoms with van der Waals surface area (Å²) in [6.07, 6.45) is 19.4. The lowest BCUT2D eigenvalue weighted by Crippen LogP contribution is -2.19. The van der Waals surface area contributed by atoms with Crippen LogP contribution in [0.4, 0.5) is 5.82 Å². The minimum atomic E-state index is 0.196. The average molecular weight is 1720 g/mol. The van der Waals surface area contributed by atoms with E-state index in [0.717, 1.165) is 57.0 Å². The van der Waals surface area contributed by atoms with Crippen molar-refractivity contribution < 1.29 is 0 Å². The number of thiophene rings is 1. The lowest BCUT2D eigenvalue weighted by Gasteiger charge is -2.27. The first-order chi connectivity index (χ1) is 66.0. The third-order valence-corrected chi connectivity index (χ3v) is 27.4. The second-order valence-electron chi connectivity index (χ2n) is 33.9. The molecule has 0 radical (unpaired) electrons. The molecule has 1 aliphatic carbocycles. The van der Waals surface area contributed by atoms with Gasteiger partial charge in [-0.15, -0.1) is 11.3 Å². The Morgan fingerprint density at radius 1 is 0.293 bits per heavy atom. The van der Waals surface area contributed by atoms with Crippen LogP contribution in [0.25, 0.3) is 197 Å². The number of allylic oxidation sites excluding steroid dienone is 1. The van der Waals surface area contributed by atoms with Crippen molar-refractivity contribution in [2.24, 2.45) is 0 Å². The summed E-state index contributed by atoms with van der Waals surface area (Å²) in [7, 11) is 0. The van der Waals surface area contributed by atoms with Gasteiger partial charge in [0.15, 0.2) is 0 Å². The van der Waals surface area contributed by atoms with E-state index in [9.17, 15) is 0 Å². The highest BCUT2D eigenvalue weighted by Gasteiger charge is 2.28. The van der Waals surface area contributed by atoms with E-state index in [1.54, 1.807) is 0 Å². The Balaban J connectivity index is 0.0000000951. The number of fused-ring (bicyclic) bond motifs is 18. The first-order valence-electron chi connectivity index (χ1n) is 45.0. The molecule has 628 valence electrons. The smallest absolute Gasteiger partial charge is 0.148 e. The van der Waals surface area contributed by atoms with Crippen molar-refractivity contribution in [2.75, 3.05) is 5.32 Å². The molecule has 133 heavy (non-hydrogen) atoms. The average Bonchev–Trinajstić information content (AvgIpc) is 1.57. The fraction of sp³-hybridized carbons (Fsp3) is 0.0167. The molecule has 1 atom stereocenters. The number of aromatic nitrogens is 11. The van der Waals surface area contributed by atoms with Crippen molar-refractivity contribution in [3.63, 3.8) is 0 Å². The van der Waals surface area contributed by atoms with Crippen molar-refractivity contribution >= 4 is 163 Å². The molecule has 0 fully saturated rings. The molecule has 28 rings (SSSR count). The van der Waals surface area contributed by atoms with Crippen LogP contribution in [-0.4, -0.2) is 51.9 Å². The highest BCUT2D eigenvalue weighted by molar-refractivity contribution is 7.26. The maximum atomic E-state index is 5.01. The van der Waals surface area contributed by atoms with Gasteiger partial charge in [0, 0.05) is 163 Å². The Hall–Kier alpha value is -17.5. The number of pyridine rings is 2. The zero-order valence-corrected chi connectivity index (χ0v) is 73.0. The van der Waals surface area contributed by atoms with Crippen LogP contribution in [0.1, 0.15) is 22.7 Å². The van der Waals surface area contributed by atoms with Crippen LogP contribution in [0.5, 0.6) is 0 Å². The number of nitrogens with zero attached hydrogens (tertiary/aromatic N) is 11. The van der Waals surface area contributed by atoms with Gasteiger partial charge in [-0.05, 0) is 175 Å². The minimum Gasteiger partial charge on any atom is -0.342 e. The maximum Gasteiger partial charge on any atom is 0.148 e. The predicted octanol–water partition coefficient (Wildman–Crippen LogP) is 30.4. The van der Waals surface area contributed by atoms with Crippen molar-refractivity contribution in [1.29, 1.82) is 0 Å². The van der Waals surface area contributed by atoms with E-state index >= 15 is 0 Å². The van der Waals surface area contributed by atoms with Crippen molar-refractivity contribution in [2.45, 2.75) is 12.3 Å². The molecule has 16 aromatic carbocycles. The molecule has 13 heteroatoms. The van der Waals surface area contributed by atoms with Gasteiger partial charge in [-0.3, -0.25) is 14.5 Å². The van der Waals surface area contributed by atoms with Gasteiger partial charge in [0.05, 0.1) is 95.5 Å². The Morgan fingerprint density at radius 3 is 1.32 bits per heavy atom. The summed E-state index contributed by atoms with van der Waals surface area (Å²) in [5, 5.41) is 20.9. The molecule has 0 amide bonds. The molecule has 27 aromatic rings. The number of rotatable bonds is 11. The largest absolute Gasteiger partial charge is 0.342 e. The van der Waals surface area contributed by atoms with Crippen LogP contribution in [0.3, 0.4) is 0 Å². The molecule has 0 saturated carbocycles. The third kappa shape index (κ3) is 13.8. The number of anilines is 1. The Morgan fingerprint density at radius 2 is 0.752 bits per heavy atom. The van der Waals surface area contributed by atoms with Gasteiger partial charge in [0.1, 0.15) is 11.6 Å². The van der Waals surface area contributed by atoms with Gasteiger partial charge in [-0.2, -0.15) is 0 Å². The van der Waals surface area contributed by atoms with Crippen LogP contribution in [0.15, 0.2) is 474 Å². The van der Waals surface area contributed by atoms with E-state index in [2.05, 4.69) is 465 Å². The third-order valence-electron chi connectivity index (χ3n) is 26.2. The lowest BCUT2D eigenvalue weighted by atomic mass is 9.85. The van der Waals surface area contributed by atoms with E-state index in [-0.39, 0.29) is 5.92 Å². The predicted molar refractivity (Wildman–Crippen MR) is 554 cm³/mol. The minimum absolute atomic E-state index is 0.196. The number of benzene rings is 16.